The fourth-order valence-electron chi connectivity index (χ4n) is 1.73. The van der Waals surface area contributed by atoms with Gasteiger partial charge in [0, 0.05) is 37.4 Å². The molecule has 102 valence electrons. The Morgan fingerprint density at radius 2 is 2.00 bits per heavy atom. The van der Waals surface area contributed by atoms with Crippen LogP contribution in [0.25, 0.3) is 0 Å². The highest BCUT2D eigenvalue weighted by Gasteiger charge is 2.20. The second kappa shape index (κ2) is 6.10. The second-order valence-electron chi connectivity index (χ2n) is 5.57. The number of aryl methyl sites for hydroxylation is 1. The van der Waals surface area contributed by atoms with Crippen LogP contribution in [0.4, 0.5) is 11.4 Å². The summed E-state index contributed by atoms with van der Waals surface area (Å²) in [5, 5.41) is 12.8. The zero-order chi connectivity index (χ0) is 13.8. The van der Waals surface area contributed by atoms with Crippen LogP contribution in [0.5, 0.6) is 0 Å². The molecule has 0 aliphatic rings. The number of rotatable bonds is 6. The van der Waals surface area contributed by atoms with Gasteiger partial charge in [-0.2, -0.15) is 0 Å². The first-order valence-corrected chi connectivity index (χ1v) is 6.54. The molecular formula is C15H26N2O. The van der Waals surface area contributed by atoms with E-state index in [0.717, 1.165) is 18.7 Å². The van der Waals surface area contributed by atoms with Gasteiger partial charge in [-0.05, 0) is 37.1 Å². The number of hydrogen-bond donors (Lipinski definition) is 2. The highest BCUT2D eigenvalue weighted by Crippen LogP contribution is 2.25. The molecule has 3 heteroatoms. The summed E-state index contributed by atoms with van der Waals surface area (Å²) in [6, 6.07) is 6.39. The van der Waals surface area contributed by atoms with Crippen molar-refractivity contribution >= 4 is 11.4 Å². The van der Waals surface area contributed by atoms with Gasteiger partial charge in [0.2, 0.25) is 0 Å². The lowest BCUT2D eigenvalue weighted by Crippen LogP contribution is -2.29. The summed E-state index contributed by atoms with van der Waals surface area (Å²) in [6.07, 6.45) is 0.964. The molecule has 0 heterocycles. The number of benzene rings is 1. The zero-order valence-corrected chi connectivity index (χ0v) is 12.2. The Bertz CT molecular complexity index is 384. The molecule has 0 aromatic heterocycles. The minimum absolute atomic E-state index is 0.0489. The molecule has 3 nitrogen and oxygen atoms in total. The van der Waals surface area contributed by atoms with Crippen LogP contribution < -0.4 is 10.2 Å². The third-order valence-electron chi connectivity index (χ3n) is 3.67. The molecule has 0 aliphatic carbocycles. The van der Waals surface area contributed by atoms with Gasteiger partial charge < -0.3 is 15.3 Å². The summed E-state index contributed by atoms with van der Waals surface area (Å²) >= 11 is 0. The molecule has 1 aromatic carbocycles. The lowest BCUT2D eigenvalue weighted by atomic mass is 9.88. The number of aliphatic hydroxyl groups is 1. The molecule has 18 heavy (non-hydrogen) atoms. The summed E-state index contributed by atoms with van der Waals surface area (Å²) < 4.78 is 0. The monoisotopic (exact) mass is 250 g/mol. The Hall–Kier alpha value is -1.22. The average Bonchev–Trinajstić information content (AvgIpc) is 2.36. The van der Waals surface area contributed by atoms with Crippen LogP contribution in [-0.4, -0.2) is 32.4 Å². The van der Waals surface area contributed by atoms with Gasteiger partial charge in [-0.15, -0.1) is 0 Å². The van der Waals surface area contributed by atoms with E-state index in [1.807, 2.05) is 14.1 Å². The van der Waals surface area contributed by atoms with Crippen molar-refractivity contribution in [1.29, 1.82) is 0 Å². The molecule has 0 amide bonds. The van der Waals surface area contributed by atoms with Gasteiger partial charge >= 0.3 is 0 Å². The first kappa shape index (κ1) is 14.8. The van der Waals surface area contributed by atoms with E-state index in [0.29, 0.717) is 0 Å². The van der Waals surface area contributed by atoms with E-state index < -0.39 is 0 Å². The molecule has 0 radical (unpaired) electrons. The summed E-state index contributed by atoms with van der Waals surface area (Å²) in [6.45, 7) is 7.33. The van der Waals surface area contributed by atoms with Gasteiger partial charge in [-0.1, -0.05) is 13.8 Å². The molecule has 1 unspecified atom stereocenters. The standard InChI is InChI=1S/C15H26N2O/c1-6-15(3,11-18)10-16-14-8-7-13(17(4)5)9-12(14)2/h7-9,16,18H,6,10-11H2,1-5H3. The average molecular weight is 250 g/mol. The number of aliphatic hydroxyl groups excluding tert-OH is 1. The zero-order valence-electron chi connectivity index (χ0n) is 12.2. The van der Waals surface area contributed by atoms with Gasteiger partial charge in [0.1, 0.15) is 0 Å². The first-order chi connectivity index (χ1) is 8.41. The van der Waals surface area contributed by atoms with Crippen LogP contribution >= 0.6 is 0 Å². The minimum Gasteiger partial charge on any atom is -0.396 e. The van der Waals surface area contributed by atoms with Crippen LogP contribution in [0.15, 0.2) is 18.2 Å². The molecule has 1 atom stereocenters. The van der Waals surface area contributed by atoms with Gasteiger partial charge in [-0.25, -0.2) is 0 Å². The molecule has 0 fully saturated rings. The maximum absolute atomic E-state index is 9.40. The molecule has 0 spiro atoms. The van der Waals surface area contributed by atoms with Crippen LogP contribution in [0.3, 0.4) is 0 Å². The predicted molar refractivity (Wildman–Crippen MR) is 79.5 cm³/mol. The third kappa shape index (κ3) is 3.64. The van der Waals surface area contributed by atoms with Gasteiger partial charge in [0.05, 0.1) is 6.61 Å². The van der Waals surface area contributed by atoms with Crippen LogP contribution in [0, 0.1) is 12.3 Å². The van der Waals surface area contributed by atoms with Gasteiger partial charge in [0.15, 0.2) is 0 Å². The van der Waals surface area contributed by atoms with Crippen molar-refractivity contribution in [1.82, 2.24) is 0 Å². The Labute approximate surface area is 111 Å². The summed E-state index contributed by atoms with van der Waals surface area (Å²) in [5.74, 6) is 0. The Morgan fingerprint density at radius 3 is 2.44 bits per heavy atom. The van der Waals surface area contributed by atoms with E-state index in [-0.39, 0.29) is 12.0 Å². The molecule has 0 saturated carbocycles. The fourth-order valence-corrected chi connectivity index (χ4v) is 1.73. The second-order valence-corrected chi connectivity index (χ2v) is 5.57. The van der Waals surface area contributed by atoms with Crippen molar-refractivity contribution in [2.75, 3.05) is 37.5 Å². The number of nitrogens with zero attached hydrogens (tertiary/aromatic N) is 1. The number of nitrogens with one attached hydrogen (secondary N) is 1. The van der Waals surface area contributed by atoms with Crippen molar-refractivity contribution in [3.63, 3.8) is 0 Å². The quantitative estimate of drug-likeness (QED) is 0.815. The molecular weight excluding hydrogens is 224 g/mol. The smallest absolute Gasteiger partial charge is 0.0501 e. The number of anilines is 2. The fraction of sp³-hybridized carbons (Fsp3) is 0.600. The van der Waals surface area contributed by atoms with Gasteiger partial charge in [0.25, 0.3) is 0 Å². The molecule has 0 aliphatic heterocycles. The molecule has 2 N–H and O–H groups in total. The van der Waals surface area contributed by atoms with E-state index in [1.165, 1.54) is 11.3 Å². The first-order valence-electron chi connectivity index (χ1n) is 6.54. The van der Waals surface area contributed by atoms with Crippen molar-refractivity contribution < 1.29 is 5.11 Å². The summed E-state index contributed by atoms with van der Waals surface area (Å²) in [4.78, 5) is 2.10. The number of hydrogen-bond acceptors (Lipinski definition) is 3. The van der Waals surface area contributed by atoms with Crippen molar-refractivity contribution in [2.24, 2.45) is 5.41 Å². The molecule has 1 rings (SSSR count). The normalized spacial score (nSPS) is 14.1. The SMILES string of the molecule is CCC(C)(CO)CNc1ccc(N(C)C)cc1C. The van der Waals surface area contributed by atoms with Crippen molar-refractivity contribution in [3.05, 3.63) is 23.8 Å². The molecule has 1 aromatic rings. The lowest BCUT2D eigenvalue weighted by Gasteiger charge is -2.27. The maximum atomic E-state index is 9.40. The van der Waals surface area contributed by atoms with E-state index in [4.69, 9.17) is 0 Å². The summed E-state index contributed by atoms with van der Waals surface area (Å²) in [5.41, 5.74) is 3.54. The van der Waals surface area contributed by atoms with E-state index >= 15 is 0 Å². The Balaban J connectivity index is 2.74. The van der Waals surface area contributed by atoms with E-state index in [2.05, 4.69) is 49.2 Å². The van der Waals surface area contributed by atoms with Crippen LogP contribution in [0.2, 0.25) is 0 Å². The molecule has 0 saturated heterocycles. The van der Waals surface area contributed by atoms with Crippen molar-refractivity contribution in [2.45, 2.75) is 27.2 Å². The summed E-state index contributed by atoms with van der Waals surface area (Å²) in [7, 11) is 4.09. The maximum Gasteiger partial charge on any atom is 0.0501 e. The van der Waals surface area contributed by atoms with E-state index in [9.17, 15) is 5.11 Å². The largest absolute Gasteiger partial charge is 0.396 e. The predicted octanol–water partition coefficient (Wildman–Crippen LogP) is 2.88. The van der Waals surface area contributed by atoms with Crippen LogP contribution in [-0.2, 0) is 0 Å². The Morgan fingerprint density at radius 1 is 1.33 bits per heavy atom. The third-order valence-corrected chi connectivity index (χ3v) is 3.67. The topological polar surface area (TPSA) is 35.5 Å². The highest BCUT2D eigenvalue weighted by atomic mass is 16.3. The van der Waals surface area contributed by atoms with Gasteiger partial charge in [-0.3, -0.25) is 0 Å². The van der Waals surface area contributed by atoms with Crippen LogP contribution in [0.1, 0.15) is 25.8 Å². The minimum atomic E-state index is -0.0489. The highest BCUT2D eigenvalue weighted by molar-refractivity contribution is 5.59. The van der Waals surface area contributed by atoms with Crippen molar-refractivity contribution in [3.8, 4) is 0 Å². The Kier molecular flexibility index (Phi) is 5.03. The van der Waals surface area contributed by atoms with E-state index in [1.54, 1.807) is 0 Å². The lowest BCUT2D eigenvalue weighted by molar-refractivity contribution is 0.149. The molecule has 0 bridgehead atoms.